The fourth-order valence-electron chi connectivity index (χ4n) is 4.40. The summed E-state index contributed by atoms with van der Waals surface area (Å²) in [7, 11) is 0. The summed E-state index contributed by atoms with van der Waals surface area (Å²) in [5.74, 6) is 1.08. The van der Waals surface area contributed by atoms with Gasteiger partial charge in [0.2, 0.25) is 0 Å². The summed E-state index contributed by atoms with van der Waals surface area (Å²) in [4.78, 5) is 18.9. The number of thiazole rings is 1. The second kappa shape index (κ2) is 15.1. The number of hydrogen-bond acceptors (Lipinski definition) is 6. The van der Waals surface area contributed by atoms with Gasteiger partial charge in [-0.3, -0.25) is 4.90 Å². The van der Waals surface area contributed by atoms with E-state index in [1.165, 1.54) is 31.2 Å². The van der Waals surface area contributed by atoms with Crippen LogP contribution in [0, 0.1) is 0 Å². The van der Waals surface area contributed by atoms with Crippen LogP contribution in [-0.4, -0.2) is 53.9 Å². The molecule has 1 saturated heterocycles. The van der Waals surface area contributed by atoms with E-state index in [9.17, 15) is 4.79 Å². The smallest absolute Gasteiger partial charge is 0.319 e. The Morgan fingerprint density at radius 2 is 1.89 bits per heavy atom. The zero-order valence-corrected chi connectivity index (χ0v) is 24.8. The number of aromatic nitrogens is 1. The number of carbonyl (C=O) groups is 1. The van der Waals surface area contributed by atoms with Gasteiger partial charge in [-0.25, -0.2) is 9.78 Å². The number of hydrogen-bond donors (Lipinski definition) is 3. The Morgan fingerprint density at radius 1 is 1.11 bits per heavy atom. The molecule has 1 fully saturated rings. The first-order valence-corrected chi connectivity index (χ1v) is 15.8. The lowest BCUT2D eigenvalue weighted by molar-refractivity contribution is 0.190. The lowest BCUT2D eigenvalue weighted by Crippen LogP contribution is -2.42. The van der Waals surface area contributed by atoms with Crippen LogP contribution in [0.2, 0.25) is 10.0 Å². The summed E-state index contributed by atoms with van der Waals surface area (Å²) in [6, 6.07) is 14.1. The fraction of sp³-hybridized carbons (Fsp3) is 0.429. The van der Waals surface area contributed by atoms with Gasteiger partial charge in [0.15, 0.2) is 4.34 Å². The van der Waals surface area contributed by atoms with Crippen molar-refractivity contribution in [1.82, 2.24) is 20.5 Å². The number of benzene rings is 2. The summed E-state index contributed by atoms with van der Waals surface area (Å²) >= 11 is 15.7. The number of nitrogens with zero attached hydrogens (tertiary/aromatic N) is 2. The van der Waals surface area contributed by atoms with Crippen molar-refractivity contribution >= 4 is 58.0 Å². The van der Waals surface area contributed by atoms with Gasteiger partial charge in [-0.05, 0) is 82.1 Å². The van der Waals surface area contributed by atoms with Crippen LogP contribution in [0.15, 0.2) is 52.2 Å². The van der Waals surface area contributed by atoms with E-state index in [4.69, 9.17) is 28.2 Å². The van der Waals surface area contributed by atoms with Gasteiger partial charge < -0.3 is 16.0 Å². The number of urea groups is 1. The van der Waals surface area contributed by atoms with Gasteiger partial charge in [-0.2, -0.15) is 0 Å². The van der Waals surface area contributed by atoms with Crippen LogP contribution in [0.3, 0.4) is 0 Å². The summed E-state index contributed by atoms with van der Waals surface area (Å²) in [5, 5.41) is 12.6. The van der Waals surface area contributed by atoms with E-state index in [-0.39, 0.29) is 6.03 Å². The van der Waals surface area contributed by atoms with E-state index >= 15 is 0 Å². The number of nitrogens with one attached hydrogen (secondary N) is 3. The number of likely N-dealkylation sites (tertiary alicyclic amines) is 1. The highest BCUT2D eigenvalue weighted by atomic mass is 35.5. The quantitative estimate of drug-likeness (QED) is 0.151. The maximum Gasteiger partial charge on any atom is 0.319 e. The molecule has 2 amide bonds. The minimum atomic E-state index is -0.190. The fourth-order valence-corrected chi connectivity index (χ4v) is 6.63. The molecule has 3 N–H and O–H groups in total. The van der Waals surface area contributed by atoms with Gasteiger partial charge >= 0.3 is 6.03 Å². The summed E-state index contributed by atoms with van der Waals surface area (Å²) in [6.07, 6.45) is 4.71. The van der Waals surface area contributed by atoms with Gasteiger partial charge in [0.25, 0.3) is 0 Å². The van der Waals surface area contributed by atoms with E-state index in [2.05, 4.69) is 32.3 Å². The van der Waals surface area contributed by atoms with Gasteiger partial charge in [0, 0.05) is 41.5 Å². The highest BCUT2D eigenvalue weighted by molar-refractivity contribution is 8.01. The van der Waals surface area contributed by atoms with E-state index < -0.39 is 0 Å². The first-order valence-electron chi connectivity index (χ1n) is 13.1. The largest absolute Gasteiger partial charge is 0.338 e. The van der Waals surface area contributed by atoms with Crippen LogP contribution >= 0.6 is 46.3 Å². The molecule has 0 radical (unpaired) electrons. The summed E-state index contributed by atoms with van der Waals surface area (Å²) in [5.41, 5.74) is 4.03. The van der Waals surface area contributed by atoms with Gasteiger partial charge in [-0.15, -0.1) is 11.3 Å². The minimum absolute atomic E-state index is 0.190. The number of carbonyl (C=O) groups excluding carboxylic acids is 1. The zero-order chi connectivity index (χ0) is 26.7. The Morgan fingerprint density at radius 3 is 2.63 bits per heavy atom. The molecule has 3 aromatic rings. The highest BCUT2D eigenvalue weighted by Gasteiger charge is 2.19. The van der Waals surface area contributed by atoms with E-state index in [0.29, 0.717) is 22.6 Å². The number of rotatable bonds is 12. The molecule has 1 aromatic heterocycles. The van der Waals surface area contributed by atoms with Gasteiger partial charge in [0.1, 0.15) is 0 Å². The predicted molar refractivity (Wildman–Crippen MR) is 163 cm³/mol. The number of unbranched alkanes of at least 4 members (excludes halogenated alkanes) is 1. The van der Waals surface area contributed by atoms with E-state index in [1.807, 2.05) is 55.1 Å². The third kappa shape index (κ3) is 9.14. The molecule has 0 saturated carbocycles. The first-order chi connectivity index (χ1) is 18.5. The van der Waals surface area contributed by atoms with E-state index in [1.54, 1.807) is 11.3 Å². The second-order valence-electron chi connectivity index (χ2n) is 9.37. The minimum Gasteiger partial charge on any atom is -0.338 e. The van der Waals surface area contributed by atoms with Crippen molar-refractivity contribution in [3.05, 3.63) is 63.5 Å². The Labute approximate surface area is 243 Å². The molecular formula is C28H35Cl2N5OS2. The van der Waals surface area contributed by atoms with Gasteiger partial charge in [0.05, 0.1) is 15.7 Å². The van der Waals surface area contributed by atoms with Crippen LogP contribution in [0.1, 0.15) is 38.2 Å². The molecular weight excluding hydrogens is 557 g/mol. The number of amides is 2. The SMILES string of the molecule is CCNC(=O)Nc1ccc(-c2csc(SCCCCNC3CCN(Cc4ccc(Cl)c(Cl)c4)CC3)n2)cc1. The molecule has 0 unspecified atom stereocenters. The molecule has 1 aliphatic heterocycles. The Hall–Kier alpha value is -1.81. The van der Waals surface area contributed by atoms with Gasteiger partial charge in [-0.1, -0.05) is 53.2 Å². The Bertz CT molecular complexity index is 1170. The van der Waals surface area contributed by atoms with Crippen molar-refractivity contribution in [2.24, 2.45) is 0 Å². The second-order valence-corrected chi connectivity index (χ2v) is 12.4. The average Bonchev–Trinajstić information content (AvgIpc) is 3.39. The third-order valence-electron chi connectivity index (χ3n) is 6.47. The lowest BCUT2D eigenvalue weighted by Gasteiger charge is -2.32. The molecule has 6 nitrogen and oxygen atoms in total. The van der Waals surface area contributed by atoms with Crippen molar-refractivity contribution in [1.29, 1.82) is 0 Å². The Kier molecular flexibility index (Phi) is 11.6. The monoisotopic (exact) mass is 591 g/mol. The van der Waals surface area contributed by atoms with E-state index in [0.717, 1.165) is 53.2 Å². The first kappa shape index (κ1) is 29.2. The van der Waals surface area contributed by atoms with Crippen molar-refractivity contribution in [2.75, 3.05) is 37.2 Å². The van der Waals surface area contributed by atoms with Crippen LogP contribution < -0.4 is 16.0 Å². The standard InChI is InChI=1S/C28H35Cl2N5OS2/c1-2-31-27(36)33-23-8-6-21(7-9-23)26-19-38-28(34-26)37-16-4-3-13-32-22-11-14-35(15-12-22)18-20-5-10-24(29)25(30)17-20/h5-10,17,19,22,32H,2-4,11-16,18H2,1H3,(H2,31,33,36). The molecule has 2 aromatic carbocycles. The predicted octanol–water partition coefficient (Wildman–Crippen LogP) is 7.38. The van der Waals surface area contributed by atoms with Crippen LogP contribution in [0.4, 0.5) is 10.5 Å². The molecule has 0 spiro atoms. The molecule has 0 aliphatic carbocycles. The van der Waals surface area contributed by atoms with Crippen molar-refractivity contribution in [3.63, 3.8) is 0 Å². The molecule has 10 heteroatoms. The maximum absolute atomic E-state index is 11.7. The van der Waals surface area contributed by atoms with Crippen molar-refractivity contribution in [3.8, 4) is 11.3 Å². The number of piperidine rings is 1. The molecule has 1 aliphatic rings. The molecule has 38 heavy (non-hydrogen) atoms. The number of thioether (sulfide) groups is 1. The molecule has 0 atom stereocenters. The van der Waals surface area contributed by atoms with Crippen molar-refractivity contribution < 1.29 is 4.79 Å². The third-order valence-corrected chi connectivity index (χ3v) is 9.31. The number of halogens is 2. The maximum atomic E-state index is 11.7. The topological polar surface area (TPSA) is 69.3 Å². The molecule has 204 valence electrons. The summed E-state index contributed by atoms with van der Waals surface area (Å²) < 4.78 is 1.10. The normalized spacial score (nSPS) is 14.5. The van der Waals surface area contributed by atoms with Crippen LogP contribution in [0.5, 0.6) is 0 Å². The molecule has 0 bridgehead atoms. The van der Waals surface area contributed by atoms with Crippen LogP contribution in [0.25, 0.3) is 11.3 Å². The lowest BCUT2D eigenvalue weighted by atomic mass is 10.0. The molecule has 2 heterocycles. The van der Waals surface area contributed by atoms with Crippen molar-refractivity contribution in [2.45, 2.75) is 49.5 Å². The summed E-state index contributed by atoms with van der Waals surface area (Å²) in [6.45, 7) is 6.70. The molecule has 4 rings (SSSR count). The Balaban J connectivity index is 1.08. The average molecular weight is 593 g/mol. The highest BCUT2D eigenvalue weighted by Crippen LogP contribution is 2.29. The zero-order valence-electron chi connectivity index (χ0n) is 21.6. The number of anilines is 1. The van der Waals surface area contributed by atoms with Crippen LogP contribution in [-0.2, 0) is 6.54 Å².